The number of methoxy groups -OCH3 is 1. The Balaban J connectivity index is 2.21. The summed E-state index contributed by atoms with van der Waals surface area (Å²) in [6, 6.07) is 15.9. The summed E-state index contributed by atoms with van der Waals surface area (Å²) in [7, 11) is 1.67. The van der Waals surface area contributed by atoms with E-state index in [1.807, 2.05) is 42.5 Å². The van der Waals surface area contributed by atoms with Gasteiger partial charge in [0, 0.05) is 13.2 Å². The first-order valence-corrected chi connectivity index (χ1v) is 7.04. The van der Waals surface area contributed by atoms with Gasteiger partial charge in [0.2, 0.25) is 0 Å². The number of para-hydroxylation sites is 3. The van der Waals surface area contributed by atoms with E-state index in [9.17, 15) is 0 Å². The fourth-order valence-electron chi connectivity index (χ4n) is 2.57. The molecule has 4 nitrogen and oxygen atoms in total. The van der Waals surface area contributed by atoms with Crippen LogP contribution in [0.4, 0.5) is 0 Å². The summed E-state index contributed by atoms with van der Waals surface area (Å²) < 4.78 is 7.59. The van der Waals surface area contributed by atoms with Crippen LogP contribution in [0.15, 0.2) is 48.5 Å². The van der Waals surface area contributed by atoms with E-state index in [2.05, 4.69) is 10.6 Å². The monoisotopic (exact) mass is 282 g/mol. The van der Waals surface area contributed by atoms with Crippen LogP contribution in [0.1, 0.15) is 6.42 Å². The largest absolute Gasteiger partial charge is 0.496 e. The molecule has 0 saturated carbocycles. The van der Waals surface area contributed by atoms with Crippen molar-refractivity contribution in [1.82, 2.24) is 9.55 Å². The minimum absolute atomic E-state index is 0.165. The van der Waals surface area contributed by atoms with Gasteiger partial charge in [-0.3, -0.25) is 0 Å². The minimum Gasteiger partial charge on any atom is -0.496 e. The van der Waals surface area contributed by atoms with E-state index in [1.165, 1.54) is 0 Å². The Bertz CT molecular complexity index is 749. The SMILES string of the molecule is COc1ccccc1-c1nc2ccccc2n1CCCO. The second-order valence-electron chi connectivity index (χ2n) is 4.85. The number of rotatable bonds is 5. The number of imidazole rings is 1. The Hall–Kier alpha value is -2.33. The summed E-state index contributed by atoms with van der Waals surface area (Å²) in [6.07, 6.45) is 0.697. The summed E-state index contributed by atoms with van der Waals surface area (Å²) in [5, 5.41) is 9.14. The van der Waals surface area contributed by atoms with Crippen molar-refractivity contribution in [1.29, 1.82) is 0 Å². The summed E-state index contributed by atoms with van der Waals surface area (Å²) in [4.78, 5) is 4.75. The number of ether oxygens (including phenoxy) is 1. The fraction of sp³-hybridized carbons (Fsp3) is 0.235. The highest BCUT2D eigenvalue weighted by molar-refractivity contribution is 5.81. The van der Waals surface area contributed by atoms with E-state index >= 15 is 0 Å². The number of nitrogens with zero attached hydrogens (tertiary/aromatic N) is 2. The standard InChI is InChI=1S/C17H18N2O2/c1-21-16-10-5-2-7-13(16)17-18-14-8-3-4-9-15(14)19(17)11-6-12-20/h2-5,7-10,20H,6,11-12H2,1H3. The maximum atomic E-state index is 9.14. The van der Waals surface area contributed by atoms with Crippen molar-refractivity contribution in [2.45, 2.75) is 13.0 Å². The molecular formula is C17H18N2O2. The molecule has 1 N–H and O–H groups in total. The number of hydrogen-bond acceptors (Lipinski definition) is 3. The molecule has 1 aromatic heterocycles. The molecule has 0 amide bonds. The van der Waals surface area contributed by atoms with Crippen molar-refractivity contribution in [3.8, 4) is 17.1 Å². The molecule has 0 spiro atoms. The van der Waals surface area contributed by atoms with Crippen LogP contribution in [0, 0.1) is 0 Å². The molecule has 21 heavy (non-hydrogen) atoms. The smallest absolute Gasteiger partial charge is 0.144 e. The van der Waals surface area contributed by atoms with Crippen molar-refractivity contribution in [3.63, 3.8) is 0 Å². The van der Waals surface area contributed by atoms with E-state index in [0.29, 0.717) is 6.42 Å². The predicted octanol–water partition coefficient (Wildman–Crippen LogP) is 3.09. The molecule has 1 heterocycles. The summed E-state index contributed by atoms with van der Waals surface area (Å²) in [5.41, 5.74) is 3.00. The third-order valence-corrected chi connectivity index (χ3v) is 3.54. The molecule has 108 valence electrons. The molecule has 0 aliphatic carbocycles. The molecule has 0 atom stereocenters. The summed E-state index contributed by atoms with van der Waals surface area (Å²) in [5.74, 6) is 1.68. The van der Waals surface area contributed by atoms with Crippen LogP contribution < -0.4 is 4.74 Å². The molecule has 2 aromatic carbocycles. The highest BCUT2D eigenvalue weighted by Gasteiger charge is 2.15. The number of aryl methyl sites for hydroxylation is 1. The van der Waals surface area contributed by atoms with Crippen molar-refractivity contribution in [2.75, 3.05) is 13.7 Å². The van der Waals surface area contributed by atoms with Crippen molar-refractivity contribution in [3.05, 3.63) is 48.5 Å². The Morgan fingerprint density at radius 1 is 1.10 bits per heavy atom. The average Bonchev–Trinajstić information content (AvgIpc) is 2.91. The molecule has 0 aliphatic heterocycles. The first kappa shape index (κ1) is 13.6. The molecule has 0 fully saturated rings. The molecule has 0 unspecified atom stereocenters. The van der Waals surface area contributed by atoms with E-state index in [1.54, 1.807) is 7.11 Å². The minimum atomic E-state index is 0.165. The highest BCUT2D eigenvalue weighted by atomic mass is 16.5. The molecule has 0 aliphatic rings. The van der Waals surface area contributed by atoms with Gasteiger partial charge in [-0.15, -0.1) is 0 Å². The van der Waals surface area contributed by atoms with E-state index in [-0.39, 0.29) is 6.61 Å². The van der Waals surface area contributed by atoms with Gasteiger partial charge in [0.15, 0.2) is 0 Å². The zero-order valence-corrected chi connectivity index (χ0v) is 12.0. The van der Waals surface area contributed by atoms with Gasteiger partial charge in [0.05, 0.1) is 23.7 Å². The highest BCUT2D eigenvalue weighted by Crippen LogP contribution is 2.31. The average molecular weight is 282 g/mol. The Morgan fingerprint density at radius 2 is 1.86 bits per heavy atom. The van der Waals surface area contributed by atoms with Gasteiger partial charge in [-0.1, -0.05) is 24.3 Å². The molecule has 0 radical (unpaired) electrons. The topological polar surface area (TPSA) is 47.3 Å². The first-order chi connectivity index (χ1) is 10.3. The lowest BCUT2D eigenvalue weighted by Crippen LogP contribution is -2.03. The van der Waals surface area contributed by atoms with Crippen molar-refractivity contribution < 1.29 is 9.84 Å². The molecule has 3 rings (SSSR count). The zero-order chi connectivity index (χ0) is 14.7. The first-order valence-electron chi connectivity index (χ1n) is 7.04. The van der Waals surface area contributed by atoms with Crippen LogP contribution >= 0.6 is 0 Å². The molecular weight excluding hydrogens is 264 g/mol. The quantitative estimate of drug-likeness (QED) is 0.782. The maximum absolute atomic E-state index is 9.14. The predicted molar refractivity (Wildman–Crippen MR) is 83.4 cm³/mol. The van der Waals surface area contributed by atoms with Gasteiger partial charge in [0.1, 0.15) is 11.6 Å². The lowest BCUT2D eigenvalue weighted by molar-refractivity contribution is 0.281. The maximum Gasteiger partial charge on any atom is 0.144 e. The van der Waals surface area contributed by atoms with E-state index < -0.39 is 0 Å². The Morgan fingerprint density at radius 3 is 2.67 bits per heavy atom. The van der Waals surface area contributed by atoms with Crippen LogP contribution in [-0.2, 0) is 6.54 Å². The number of aliphatic hydroxyl groups excluding tert-OH is 1. The molecule has 3 aromatic rings. The van der Waals surface area contributed by atoms with Crippen LogP contribution in [0.2, 0.25) is 0 Å². The van der Waals surface area contributed by atoms with Crippen LogP contribution in [-0.4, -0.2) is 28.4 Å². The summed E-state index contributed by atoms with van der Waals surface area (Å²) >= 11 is 0. The zero-order valence-electron chi connectivity index (χ0n) is 12.0. The molecule has 0 bridgehead atoms. The van der Waals surface area contributed by atoms with Gasteiger partial charge in [0.25, 0.3) is 0 Å². The second kappa shape index (κ2) is 5.97. The van der Waals surface area contributed by atoms with Crippen molar-refractivity contribution in [2.24, 2.45) is 0 Å². The third-order valence-electron chi connectivity index (χ3n) is 3.54. The number of aliphatic hydroxyl groups is 1. The second-order valence-corrected chi connectivity index (χ2v) is 4.85. The van der Waals surface area contributed by atoms with Gasteiger partial charge in [-0.05, 0) is 30.7 Å². The lowest BCUT2D eigenvalue weighted by atomic mass is 10.2. The number of fused-ring (bicyclic) bond motifs is 1. The van der Waals surface area contributed by atoms with E-state index in [4.69, 9.17) is 14.8 Å². The van der Waals surface area contributed by atoms with Gasteiger partial charge >= 0.3 is 0 Å². The lowest BCUT2D eigenvalue weighted by Gasteiger charge is -2.11. The van der Waals surface area contributed by atoms with E-state index in [0.717, 1.165) is 34.7 Å². The third kappa shape index (κ3) is 2.50. The van der Waals surface area contributed by atoms with Crippen molar-refractivity contribution >= 4 is 11.0 Å². The number of aromatic nitrogens is 2. The number of benzene rings is 2. The van der Waals surface area contributed by atoms with Gasteiger partial charge in [-0.25, -0.2) is 4.98 Å². The van der Waals surface area contributed by atoms with Crippen LogP contribution in [0.25, 0.3) is 22.4 Å². The van der Waals surface area contributed by atoms with Gasteiger partial charge in [-0.2, -0.15) is 0 Å². The summed E-state index contributed by atoms with van der Waals surface area (Å²) in [6.45, 7) is 0.891. The number of hydrogen-bond donors (Lipinski definition) is 1. The fourth-order valence-corrected chi connectivity index (χ4v) is 2.57. The Kier molecular flexibility index (Phi) is 3.88. The van der Waals surface area contributed by atoms with Gasteiger partial charge < -0.3 is 14.4 Å². The molecule has 0 saturated heterocycles. The Labute approximate surface area is 123 Å². The molecule has 4 heteroatoms. The van der Waals surface area contributed by atoms with Crippen LogP contribution in [0.5, 0.6) is 5.75 Å². The van der Waals surface area contributed by atoms with Crippen LogP contribution in [0.3, 0.4) is 0 Å². The normalized spacial score (nSPS) is 11.0.